The zero-order chi connectivity index (χ0) is 17.1. The van der Waals surface area contributed by atoms with E-state index < -0.39 is 11.9 Å². The van der Waals surface area contributed by atoms with Crippen molar-refractivity contribution in [2.45, 2.75) is 12.8 Å². The lowest BCUT2D eigenvalue weighted by atomic mass is 9.97. The van der Waals surface area contributed by atoms with Crippen LogP contribution < -0.4 is 0 Å². The molecule has 0 spiro atoms. The van der Waals surface area contributed by atoms with Crippen LogP contribution in [0.2, 0.25) is 5.02 Å². The quantitative estimate of drug-likeness (QED) is 0.927. The Kier molecular flexibility index (Phi) is 4.81. The number of piperidine rings is 1. The van der Waals surface area contributed by atoms with Gasteiger partial charge in [0.1, 0.15) is 0 Å². The minimum atomic E-state index is -0.847. The molecule has 0 radical (unpaired) electrons. The summed E-state index contributed by atoms with van der Waals surface area (Å²) in [7, 11) is 0. The monoisotopic (exact) mass is 344 g/mol. The normalized spacial score (nSPS) is 17.5. The van der Waals surface area contributed by atoms with Crippen LogP contribution in [0.4, 0.5) is 0 Å². The molecule has 1 unspecified atom stereocenters. The van der Waals surface area contributed by atoms with E-state index in [1.807, 2.05) is 12.1 Å². The molecule has 3 rings (SSSR count). The number of hydrogen-bond donors (Lipinski definition) is 1. The zero-order valence-corrected chi connectivity index (χ0v) is 13.7. The number of carboxylic acid groups (broad SMARTS) is 1. The van der Waals surface area contributed by atoms with E-state index in [4.69, 9.17) is 16.7 Å². The first-order valence-electron chi connectivity index (χ1n) is 7.77. The predicted molar refractivity (Wildman–Crippen MR) is 90.9 cm³/mol. The summed E-state index contributed by atoms with van der Waals surface area (Å²) in [5.41, 5.74) is 2.21. The summed E-state index contributed by atoms with van der Waals surface area (Å²) in [5.74, 6) is -1.51. The van der Waals surface area contributed by atoms with Crippen LogP contribution in [0.1, 0.15) is 23.2 Å². The number of carboxylic acids is 1. The number of benzene rings is 1. The third-order valence-corrected chi connectivity index (χ3v) is 4.47. The van der Waals surface area contributed by atoms with Gasteiger partial charge in [0.05, 0.1) is 11.5 Å². The highest BCUT2D eigenvalue weighted by Gasteiger charge is 2.28. The van der Waals surface area contributed by atoms with Gasteiger partial charge in [-0.25, -0.2) is 0 Å². The number of carbonyl (C=O) groups is 2. The smallest absolute Gasteiger partial charge is 0.308 e. The van der Waals surface area contributed by atoms with Crippen molar-refractivity contribution in [3.05, 3.63) is 53.3 Å². The summed E-state index contributed by atoms with van der Waals surface area (Å²) >= 11 is 5.90. The molecule has 1 aromatic heterocycles. The molecule has 5 nitrogen and oxygen atoms in total. The Hall–Kier alpha value is -2.40. The summed E-state index contributed by atoms with van der Waals surface area (Å²) in [4.78, 5) is 29.6. The maximum Gasteiger partial charge on any atom is 0.308 e. The molecule has 1 atom stereocenters. The second-order valence-corrected chi connectivity index (χ2v) is 6.33. The molecule has 124 valence electrons. The van der Waals surface area contributed by atoms with Gasteiger partial charge in [-0.2, -0.15) is 0 Å². The molecule has 1 saturated heterocycles. The molecular formula is C18H17ClN2O3. The SMILES string of the molecule is O=C(O)C1CCCN(C(=O)c2cncc(-c3ccc(Cl)cc3)c2)C1. The van der Waals surface area contributed by atoms with Crippen molar-refractivity contribution in [2.24, 2.45) is 5.92 Å². The summed E-state index contributed by atoms with van der Waals surface area (Å²) in [6, 6.07) is 9.09. The molecule has 24 heavy (non-hydrogen) atoms. The van der Waals surface area contributed by atoms with Gasteiger partial charge in [-0.15, -0.1) is 0 Å². The zero-order valence-electron chi connectivity index (χ0n) is 13.0. The van der Waals surface area contributed by atoms with Crippen LogP contribution in [0, 0.1) is 5.92 Å². The molecule has 2 aromatic rings. The van der Waals surface area contributed by atoms with Crippen LogP contribution in [-0.2, 0) is 4.79 Å². The van der Waals surface area contributed by atoms with Crippen molar-refractivity contribution in [1.82, 2.24) is 9.88 Å². The lowest BCUT2D eigenvalue weighted by Gasteiger charge is -2.30. The lowest BCUT2D eigenvalue weighted by molar-refractivity contribution is -0.143. The molecule has 1 N–H and O–H groups in total. The fraction of sp³-hybridized carbons (Fsp3) is 0.278. The van der Waals surface area contributed by atoms with Crippen LogP contribution in [-0.4, -0.2) is 40.0 Å². The molecule has 1 aliphatic rings. The van der Waals surface area contributed by atoms with E-state index in [-0.39, 0.29) is 12.5 Å². The first-order valence-corrected chi connectivity index (χ1v) is 8.15. The molecule has 2 heterocycles. The molecular weight excluding hydrogens is 328 g/mol. The summed E-state index contributed by atoms with van der Waals surface area (Å²) in [6.07, 6.45) is 4.53. The predicted octanol–water partition coefficient (Wildman–Crippen LogP) is 3.34. The average Bonchev–Trinajstić information content (AvgIpc) is 2.62. The Morgan fingerprint density at radius 1 is 1.17 bits per heavy atom. The van der Waals surface area contributed by atoms with E-state index in [1.54, 1.807) is 29.3 Å². The van der Waals surface area contributed by atoms with Gasteiger partial charge in [0.15, 0.2) is 0 Å². The molecule has 1 amide bonds. The van der Waals surface area contributed by atoms with Gasteiger partial charge in [-0.3, -0.25) is 14.6 Å². The van der Waals surface area contributed by atoms with Gasteiger partial charge in [-0.1, -0.05) is 23.7 Å². The Morgan fingerprint density at radius 3 is 2.62 bits per heavy atom. The molecule has 0 bridgehead atoms. The maximum absolute atomic E-state index is 12.7. The molecule has 6 heteroatoms. The second-order valence-electron chi connectivity index (χ2n) is 5.90. The molecule has 0 saturated carbocycles. The summed E-state index contributed by atoms with van der Waals surface area (Å²) in [6.45, 7) is 0.827. The van der Waals surface area contributed by atoms with Crippen molar-refractivity contribution in [3.63, 3.8) is 0 Å². The summed E-state index contributed by atoms with van der Waals surface area (Å²) in [5, 5.41) is 9.81. The maximum atomic E-state index is 12.7. The van der Waals surface area contributed by atoms with Gasteiger partial charge < -0.3 is 10.0 Å². The van der Waals surface area contributed by atoms with E-state index in [1.165, 1.54) is 6.20 Å². The third kappa shape index (κ3) is 3.57. The van der Waals surface area contributed by atoms with Gasteiger partial charge in [0.2, 0.25) is 0 Å². The van der Waals surface area contributed by atoms with Crippen LogP contribution in [0.25, 0.3) is 11.1 Å². The highest BCUT2D eigenvalue weighted by Crippen LogP contribution is 2.23. The Labute approximate surface area is 144 Å². The van der Waals surface area contributed by atoms with Crippen molar-refractivity contribution in [3.8, 4) is 11.1 Å². The van der Waals surface area contributed by atoms with Crippen molar-refractivity contribution in [1.29, 1.82) is 0 Å². The Bertz CT molecular complexity index is 761. The number of rotatable bonds is 3. The van der Waals surface area contributed by atoms with Gasteiger partial charge in [0.25, 0.3) is 5.91 Å². The number of nitrogens with zero attached hydrogens (tertiary/aromatic N) is 2. The second kappa shape index (κ2) is 7.01. The van der Waals surface area contributed by atoms with E-state index in [0.29, 0.717) is 30.0 Å². The fourth-order valence-electron chi connectivity index (χ4n) is 2.90. The number of pyridine rings is 1. The van der Waals surface area contributed by atoms with Gasteiger partial charge >= 0.3 is 5.97 Å². The first-order chi connectivity index (χ1) is 11.5. The summed E-state index contributed by atoms with van der Waals surface area (Å²) < 4.78 is 0. The van der Waals surface area contributed by atoms with E-state index in [2.05, 4.69) is 4.98 Å². The largest absolute Gasteiger partial charge is 0.481 e. The minimum absolute atomic E-state index is 0.177. The first kappa shape index (κ1) is 16.5. The highest BCUT2D eigenvalue weighted by molar-refractivity contribution is 6.30. The number of aliphatic carboxylic acids is 1. The molecule has 0 aliphatic carbocycles. The number of aromatic nitrogens is 1. The molecule has 1 fully saturated rings. The molecule has 1 aliphatic heterocycles. The van der Waals surface area contributed by atoms with Crippen molar-refractivity contribution in [2.75, 3.05) is 13.1 Å². The van der Waals surface area contributed by atoms with Crippen molar-refractivity contribution >= 4 is 23.5 Å². The van der Waals surface area contributed by atoms with E-state index in [0.717, 1.165) is 11.1 Å². The Balaban J connectivity index is 1.81. The minimum Gasteiger partial charge on any atom is -0.481 e. The van der Waals surface area contributed by atoms with Crippen LogP contribution >= 0.6 is 11.6 Å². The highest BCUT2D eigenvalue weighted by atomic mass is 35.5. The average molecular weight is 345 g/mol. The number of hydrogen-bond acceptors (Lipinski definition) is 3. The number of amides is 1. The van der Waals surface area contributed by atoms with Crippen LogP contribution in [0.3, 0.4) is 0 Å². The number of halogens is 1. The van der Waals surface area contributed by atoms with Gasteiger partial charge in [-0.05, 0) is 36.6 Å². The van der Waals surface area contributed by atoms with Crippen LogP contribution in [0.15, 0.2) is 42.7 Å². The van der Waals surface area contributed by atoms with E-state index >= 15 is 0 Å². The standard InChI is InChI=1S/C18H17ClN2O3/c19-16-5-3-12(4-6-16)14-8-15(10-20-9-14)17(22)21-7-1-2-13(11-21)18(23)24/h3-6,8-10,13H,1-2,7,11H2,(H,23,24). The fourth-order valence-corrected chi connectivity index (χ4v) is 3.03. The lowest BCUT2D eigenvalue weighted by Crippen LogP contribution is -2.42. The van der Waals surface area contributed by atoms with Crippen LogP contribution in [0.5, 0.6) is 0 Å². The van der Waals surface area contributed by atoms with E-state index in [9.17, 15) is 9.59 Å². The Morgan fingerprint density at radius 2 is 1.92 bits per heavy atom. The van der Waals surface area contributed by atoms with Gasteiger partial charge in [0, 0.05) is 36.1 Å². The number of likely N-dealkylation sites (tertiary alicyclic amines) is 1. The number of carbonyl (C=O) groups excluding carboxylic acids is 1. The van der Waals surface area contributed by atoms with Crippen molar-refractivity contribution < 1.29 is 14.7 Å². The third-order valence-electron chi connectivity index (χ3n) is 4.22. The molecule has 1 aromatic carbocycles. The topological polar surface area (TPSA) is 70.5 Å².